The highest BCUT2D eigenvalue weighted by Crippen LogP contribution is 2.29. The minimum Gasteiger partial charge on any atom is -0.265 e. The molecule has 0 unspecified atom stereocenters. The standard InChI is InChI=1S/C11H7BrClF3N2/c12-7-4-18(5-10(15)16)17-11(7)6-1-2-9(14)8(13)3-6/h1-4,10H,5H2. The van der Waals surface area contributed by atoms with E-state index in [-0.39, 0.29) is 5.02 Å². The van der Waals surface area contributed by atoms with Gasteiger partial charge in [0.1, 0.15) is 18.1 Å². The van der Waals surface area contributed by atoms with Crippen LogP contribution in [-0.2, 0) is 6.54 Å². The van der Waals surface area contributed by atoms with Crippen molar-refractivity contribution in [3.8, 4) is 11.3 Å². The second kappa shape index (κ2) is 5.32. The quantitative estimate of drug-likeness (QED) is 0.812. The van der Waals surface area contributed by atoms with Crippen LogP contribution in [0.2, 0.25) is 5.02 Å². The third kappa shape index (κ3) is 2.87. The van der Waals surface area contributed by atoms with Crippen LogP contribution < -0.4 is 0 Å². The van der Waals surface area contributed by atoms with Gasteiger partial charge in [0.05, 0.1) is 9.50 Å². The summed E-state index contributed by atoms with van der Waals surface area (Å²) in [5.41, 5.74) is 0.999. The van der Waals surface area contributed by atoms with E-state index in [0.29, 0.717) is 15.7 Å². The van der Waals surface area contributed by atoms with Crippen molar-refractivity contribution < 1.29 is 13.2 Å². The fourth-order valence-corrected chi connectivity index (χ4v) is 2.20. The maximum atomic E-state index is 13.0. The molecule has 7 heteroatoms. The van der Waals surface area contributed by atoms with Gasteiger partial charge < -0.3 is 0 Å². The van der Waals surface area contributed by atoms with Crippen molar-refractivity contribution in [3.63, 3.8) is 0 Å². The molecule has 2 aromatic rings. The topological polar surface area (TPSA) is 17.8 Å². The summed E-state index contributed by atoms with van der Waals surface area (Å²) in [5, 5.41) is 3.96. The van der Waals surface area contributed by atoms with E-state index in [1.165, 1.54) is 24.4 Å². The van der Waals surface area contributed by atoms with E-state index in [0.717, 1.165) is 4.68 Å². The van der Waals surface area contributed by atoms with Crippen LogP contribution in [0.4, 0.5) is 13.2 Å². The van der Waals surface area contributed by atoms with Crippen LogP contribution >= 0.6 is 27.5 Å². The molecular formula is C11H7BrClF3N2. The van der Waals surface area contributed by atoms with Gasteiger partial charge in [-0.25, -0.2) is 13.2 Å². The summed E-state index contributed by atoms with van der Waals surface area (Å²) in [6.45, 7) is -0.493. The van der Waals surface area contributed by atoms with Crippen LogP contribution in [0, 0.1) is 5.82 Å². The van der Waals surface area contributed by atoms with Crippen molar-refractivity contribution >= 4 is 27.5 Å². The van der Waals surface area contributed by atoms with Crippen LogP contribution in [-0.4, -0.2) is 16.2 Å². The van der Waals surface area contributed by atoms with Gasteiger partial charge in [-0.05, 0) is 34.1 Å². The number of halogens is 5. The predicted octanol–water partition coefficient (Wildman–Crippen LogP) is 4.37. The van der Waals surface area contributed by atoms with E-state index >= 15 is 0 Å². The third-order valence-corrected chi connectivity index (χ3v) is 3.11. The number of rotatable bonds is 3. The molecule has 0 atom stereocenters. The van der Waals surface area contributed by atoms with Crippen LogP contribution in [0.3, 0.4) is 0 Å². The number of aromatic nitrogens is 2. The molecule has 0 radical (unpaired) electrons. The molecule has 1 aromatic heterocycles. The molecule has 0 aliphatic heterocycles. The van der Waals surface area contributed by atoms with Crippen LogP contribution in [0.1, 0.15) is 0 Å². The first-order chi connectivity index (χ1) is 8.47. The van der Waals surface area contributed by atoms with Crippen molar-refractivity contribution in [1.29, 1.82) is 0 Å². The van der Waals surface area contributed by atoms with Crippen molar-refractivity contribution in [2.24, 2.45) is 0 Å². The van der Waals surface area contributed by atoms with E-state index in [1.54, 1.807) is 0 Å². The average molecular weight is 340 g/mol. The number of hydrogen-bond donors (Lipinski definition) is 0. The summed E-state index contributed by atoms with van der Waals surface area (Å²) in [5.74, 6) is -0.538. The Morgan fingerprint density at radius 3 is 2.72 bits per heavy atom. The summed E-state index contributed by atoms with van der Waals surface area (Å²) < 4.78 is 39.2. The molecule has 0 bridgehead atoms. The van der Waals surface area contributed by atoms with Crippen molar-refractivity contribution in [2.75, 3.05) is 0 Å². The van der Waals surface area contributed by atoms with E-state index in [1.807, 2.05) is 0 Å². The number of nitrogens with zero attached hydrogens (tertiary/aromatic N) is 2. The van der Waals surface area contributed by atoms with Gasteiger partial charge in [0.2, 0.25) is 0 Å². The molecule has 0 spiro atoms. The summed E-state index contributed by atoms with van der Waals surface area (Å²) in [4.78, 5) is 0. The van der Waals surface area contributed by atoms with E-state index < -0.39 is 18.8 Å². The molecule has 2 rings (SSSR count). The van der Waals surface area contributed by atoms with Crippen molar-refractivity contribution in [2.45, 2.75) is 13.0 Å². The Hall–Kier alpha value is -1.01. The number of benzene rings is 1. The molecule has 0 aliphatic carbocycles. The van der Waals surface area contributed by atoms with Gasteiger partial charge >= 0.3 is 0 Å². The molecule has 2 nitrogen and oxygen atoms in total. The van der Waals surface area contributed by atoms with Crippen LogP contribution in [0.15, 0.2) is 28.9 Å². The highest BCUT2D eigenvalue weighted by atomic mass is 79.9. The number of alkyl halides is 2. The lowest BCUT2D eigenvalue weighted by atomic mass is 10.1. The maximum absolute atomic E-state index is 13.0. The minimum atomic E-state index is -2.48. The molecule has 1 heterocycles. The summed E-state index contributed by atoms with van der Waals surface area (Å²) in [6.07, 6.45) is -1.04. The fraction of sp³-hybridized carbons (Fsp3) is 0.182. The van der Waals surface area contributed by atoms with Crippen molar-refractivity contribution in [3.05, 3.63) is 39.7 Å². The normalized spacial score (nSPS) is 11.2. The Morgan fingerprint density at radius 2 is 2.11 bits per heavy atom. The Balaban J connectivity index is 2.38. The zero-order chi connectivity index (χ0) is 13.3. The average Bonchev–Trinajstić information content (AvgIpc) is 2.62. The lowest BCUT2D eigenvalue weighted by molar-refractivity contribution is 0.122. The van der Waals surface area contributed by atoms with Gasteiger partial charge in [0.15, 0.2) is 0 Å². The first-order valence-electron chi connectivity index (χ1n) is 4.94. The fourth-order valence-electron chi connectivity index (χ4n) is 1.47. The van der Waals surface area contributed by atoms with Gasteiger partial charge in [-0.2, -0.15) is 5.10 Å². The Morgan fingerprint density at radius 1 is 1.39 bits per heavy atom. The van der Waals surface area contributed by atoms with E-state index in [2.05, 4.69) is 21.0 Å². The SMILES string of the molecule is Fc1ccc(-c2nn(CC(F)F)cc2Br)cc1Cl. The number of hydrogen-bond acceptors (Lipinski definition) is 1. The summed E-state index contributed by atoms with van der Waals surface area (Å²) in [6, 6.07) is 4.09. The van der Waals surface area contributed by atoms with Gasteiger partial charge in [0, 0.05) is 11.8 Å². The minimum absolute atomic E-state index is 0.0391. The highest BCUT2D eigenvalue weighted by molar-refractivity contribution is 9.10. The molecule has 18 heavy (non-hydrogen) atoms. The second-order valence-electron chi connectivity index (χ2n) is 3.57. The predicted molar refractivity (Wildman–Crippen MR) is 66.3 cm³/mol. The third-order valence-electron chi connectivity index (χ3n) is 2.24. The largest absolute Gasteiger partial charge is 0.265 e. The Kier molecular flexibility index (Phi) is 3.97. The first-order valence-corrected chi connectivity index (χ1v) is 6.11. The molecule has 0 saturated carbocycles. The smallest absolute Gasteiger partial charge is 0.257 e. The van der Waals surface area contributed by atoms with Crippen molar-refractivity contribution in [1.82, 2.24) is 9.78 Å². The first kappa shape index (κ1) is 13.4. The monoisotopic (exact) mass is 338 g/mol. The molecule has 0 fully saturated rings. The van der Waals surface area contributed by atoms with E-state index in [4.69, 9.17) is 11.6 Å². The molecule has 0 N–H and O–H groups in total. The Bertz CT molecular complexity index is 571. The lowest BCUT2D eigenvalue weighted by Crippen LogP contribution is -2.06. The Labute approximate surface area is 114 Å². The highest BCUT2D eigenvalue weighted by Gasteiger charge is 2.13. The van der Waals surface area contributed by atoms with Gasteiger partial charge in [-0.15, -0.1) is 0 Å². The maximum Gasteiger partial charge on any atom is 0.257 e. The van der Waals surface area contributed by atoms with E-state index in [9.17, 15) is 13.2 Å². The lowest BCUT2D eigenvalue weighted by Gasteiger charge is -2.01. The molecule has 96 valence electrons. The summed E-state index contributed by atoms with van der Waals surface area (Å²) in [7, 11) is 0. The summed E-state index contributed by atoms with van der Waals surface area (Å²) >= 11 is 8.88. The van der Waals surface area contributed by atoms with Gasteiger partial charge in [-0.3, -0.25) is 4.68 Å². The molecule has 0 amide bonds. The van der Waals surface area contributed by atoms with Crippen LogP contribution in [0.5, 0.6) is 0 Å². The van der Waals surface area contributed by atoms with Gasteiger partial charge in [-0.1, -0.05) is 11.6 Å². The van der Waals surface area contributed by atoms with Crippen LogP contribution in [0.25, 0.3) is 11.3 Å². The molecule has 0 aliphatic rings. The zero-order valence-corrected chi connectivity index (χ0v) is 11.2. The molecule has 1 aromatic carbocycles. The molecule has 0 saturated heterocycles. The second-order valence-corrected chi connectivity index (χ2v) is 4.83. The zero-order valence-electron chi connectivity index (χ0n) is 8.88. The molecular weight excluding hydrogens is 332 g/mol. The van der Waals surface area contributed by atoms with Gasteiger partial charge in [0.25, 0.3) is 6.43 Å².